The van der Waals surface area contributed by atoms with E-state index in [1.54, 1.807) is 5.56 Å². The van der Waals surface area contributed by atoms with E-state index >= 15 is 0 Å². The monoisotopic (exact) mass is 810 g/mol. The first-order valence-corrected chi connectivity index (χ1v) is 21.6. The van der Waals surface area contributed by atoms with Gasteiger partial charge in [0.25, 0.3) is 0 Å². The summed E-state index contributed by atoms with van der Waals surface area (Å²) >= 11 is 1.36. The van der Waals surface area contributed by atoms with E-state index in [9.17, 15) is 0 Å². The van der Waals surface area contributed by atoms with Crippen molar-refractivity contribution in [1.29, 1.82) is 0 Å². The predicted molar refractivity (Wildman–Crippen MR) is 231 cm³/mol. The first-order valence-electron chi connectivity index (χ1n) is 17.4. The molecule has 0 amide bonds. The third kappa shape index (κ3) is 11.4. The van der Waals surface area contributed by atoms with Gasteiger partial charge in [-0.25, -0.2) is 0 Å². The van der Waals surface area contributed by atoms with Crippen LogP contribution in [0.1, 0.15) is 101 Å². The average molecular weight is 813 g/mol. The molecule has 1 saturated carbocycles. The van der Waals surface area contributed by atoms with Crippen LogP contribution in [0.15, 0.2) is 109 Å². The van der Waals surface area contributed by atoms with Gasteiger partial charge in [-0.15, -0.1) is 93.9 Å². The number of hydrogen-bond acceptors (Lipinski definition) is 0. The molecule has 1 fully saturated rings. The van der Waals surface area contributed by atoms with Crippen LogP contribution in [-0.4, -0.2) is 6.88 Å². The fraction of sp³-hybridized carbons (Fsp3) is 0.319. The van der Waals surface area contributed by atoms with Gasteiger partial charge in [0.05, 0.1) is 0 Å². The zero-order chi connectivity index (χ0) is 33.7. The van der Waals surface area contributed by atoms with Gasteiger partial charge >= 0.3 is 30.2 Å². The molecule has 2 radical (unpaired) electrons. The Balaban J connectivity index is 0.000000461. The summed E-state index contributed by atoms with van der Waals surface area (Å²) in [6.07, 6.45) is 5.48. The van der Waals surface area contributed by atoms with Gasteiger partial charge in [0, 0.05) is 0 Å². The molecule has 6 aromatic rings. The van der Waals surface area contributed by atoms with Crippen molar-refractivity contribution in [2.75, 3.05) is 0 Å². The molecule has 1 aliphatic rings. The second-order valence-corrected chi connectivity index (χ2v) is 15.0. The van der Waals surface area contributed by atoms with Crippen molar-refractivity contribution in [1.82, 2.24) is 0 Å². The molecule has 0 aromatic heterocycles. The quantitative estimate of drug-likeness (QED) is 0.123. The molecule has 0 atom stereocenters. The van der Waals surface area contributed by atoms with Crippen molar-refractivity contribution in [2.45, 2.75) is 91.4 Å². The molecule has 0 nitrogen and oxygen atoms in total. The Labute approximate surface area is 340 Å². The van der Waals surface area contributed by atoms with Gasteiger partial charge in [0.15, 0.2) is 0 Å². The SMILES string of the molecule is CC1CCC(c2cc3c(-c4ccc(C(C)C)cc4)cccc3[cH-]2)CC1.Cc1cc2c(-c3ccc(C(C)(C)C)cc3)cccc2[cH-]1.Cl.Cl.[CH3-].[CH3-].[Si]=[Zr]. The first-order chi connectivity index (χ1) is 22.6. The maximum absolute atomic E-state index is 3.06. The summed E-state index contributed by atoms with van der Waals surface area (Å²) in [6, 6.07) is 40.9. The minimum atomic E-state index is 0. The van der Waals surface area contributed by atoms with Crippen molar-refractivity contribution < 1.29 is 23.3 Å². The minimum absolute atomic E-state index is 0. The molecule has 0 spiro atoms. The van der Waals surface area contributed by atoms with Crippen molar-refractivity contribution in [3.05, 3.63) is 146 Å². The van der Waals surface area contributed by atoms with E-state index in [2.05, 4.69) is 165 Å². The number of halogens is 2. The van der Waals surface area contributed by atoms with Crippen LogP contribution in [0, 0.1) is 27.7 Å². The van der Waals surface area contributed by atoms with Gasteiger partial charge in [0.2, 0.25) is 0 Å². The van der Waals surface area contributed by atoms with Crippen molar-refractivity contribution in [2.24, 2.45) is 5.92 Å². The molecule has 4 heteroatoms. The summed E-state index contributed by atoms with van der Waals surface area (Å²) < 4.78 is 0. The van der Waals surface area contributed by atoms with Crippen LogP contribution in [0.2, 0.25) is 0 Å². The Morgan fingerprint density at radius 2 is 1.14 bits per heavy atom. The molecule has 0 saturated heterocycles. The second-order valence-electron chi connectivity index (χ2n) is 15.0. The van der Waals surface area contributed by atoms with Crippen LogP contribution in [0.5, 0.6) is 0 Å². The molecule has 1 aliphatic carbocycles. The summed E-state index contributed by atoms with van der Waals surface area (Å²) in [5, 5.41) is 5.51. The maximum atomic E-state index is 3.06. The molecule has 0 aliphatic heterocycles. The van der Waals surface area contributed by atoms with Gasteiger partial charge in [-0.3, -0.25) is 0 Å². The predicted octanol–water partition coefficient (Wildman–Crippen LogP) is 14.8. The van der Waals surface area contributed by atoms with Gasteiger partial charge in [-0.2, -0.15) is 12.1 Å². The number of hydrogen-bond donors (Lipinski definition) is 0. The zero-order valence-electron chi connectivity index (χ0n) is 32.3. The molecule has 0 bridgehead atoms. The Hall–Kier alpha value is -2.22. The van der Waals surface area contributed by atoms with E-state index in [4.69, 9.17) is 0 Å². The van der Waals surface area contributed by atoms with Crippen LogP contribution >= 0.6 is 24.8 Å². The number of benzene rings is 4. The van der Waals surface area contributed by atoms with Crippen LogP contribution in [0.3, 0.4) is 0 Å². The van der Waals surface area contributed by atoms with Crippen molar-refractivity contribution >= 4 is 53.2 Å². The van der Waals surface area contributed by atoms with E-state index in [-0.39, 0.29) is 45.1 Å². The van der Waals surface area contributed by atoms with Gasteiger partial charge in [0.1, 0.15) is 0 Å². The Bertz CT molecular complexity index is 1900. The van der Waals surface area contributed by atoms with E-state index in [1.807, 2.05) is 0 Å². The molecular weight excluding hydrogens is 755 g/mol. The summed E-state index contributed by atoms with van der Waals surface area (Å²) in [5.41, 5.74) is 11.2. The van der Waals surface area contributed by atoms with E-state index in [0.717, 1.165) is 11.8 Å². The molecule has 0 heterocycles. The van der Waals surface area contributed by atoms with Crippen molar-refractivity contribution in [3.8, 4) is 22.3 Å². The molecule has 0 unspecified atom stereocenters. The van der Waals surface area contributed by atoms with Crippen LogP contribution in [0.4, 0.5) is 0 Å². The standard InChI is InChI=1S/C25H29.C20H21.2CH3.2ClH.Si.Zr/c1-17(2)19-11-13-21(14-12-19)24-6-4-5-22-15-23(16-25(22)24)20-9-7-18(3)8-10-20;1-14-12-16-6-5-7-18(19(16)13-14)15-8-10-17(11-9-15)20(2,3)4;;;;;;/h4-6,11-18,20H,7-10H2,1-3H3;5-13H,1-4H3;2*1H3;2*1H;;/q4*-1;;;;. The molecule has 51 heavy (non-hydrogen) atoms. The van der Waals surface area contributed by atoms with Crippen LogP contribution in [-0.2, 0) is 28.8 Å². The number of rotatable bonds is 4. The van der Waals surface area contributed by atoms with Gasteiger partial charge in [-0.05, 0) is 58.3 Å². The van der Waals surface area contributed by atoms with E-state index < -0.39 is 0 Å². The molecule has 6 aromatic carbocycles. The fourth-order valence-electron chi connectivity index (χ4n) is 7.17. The summed E-state index contributed by atoms with van der Waals surface area (Å²) in [6.45, 7) is 18.9. The third-order valence-corrected chi connectivity index (χ3v) is 10.1. The zero-order valence-corrected chi connectivity index (χ0v) is 37.4. The number of fused-ring (bicyclic) bond motifs is 2. The number of aryl methyl sites for hydroxylation is 1. The average Bonchev–Trinajstić information content (AvgIpc) is 3.69. The molecule has 7 rings (SSSR count). The molecule has 272 valence electrons. The van der Waals surface area contributed by atoms with Gasteiger partial charge < -0.3 is 14.9 Å². The Morgan fingerprint density at radius 3 is 1.63 bits per heavy atom. The van der Waals surface area contributed by atoms with Crippen LogP contribution < -0.4 is 0 Å². The van der Waals surface area contributed by atoms with Crippen molar-refractivity contribution in [3.63, 3.8) is 0 Å². The summed E-state index contributed by atoms with van der Waals surface area (Å²) in [4.78, 5) is 0. The topological polar surface area (TPSA) is 0 Å². The normalized spacial score (nSPS) is 15.1. The second kappa shape index (κ2) is 20.9. The van der Waals surface area contributed by atoms with Crippen LogP contribution in [0.25, 0.3) is 43.8 Å². The van der Waals surface area contributed by atoms with Gasteiger partial charge in [-0.1, -0.05) is 133 Å². The molecular formula is C47H58Cl2SiZr-4. The Morgan fingerprint density at radius 1 is 0.667 bits per heavy atom. The Kier molecular flexibility index (Phi) is 19.2. The van der Waals surface area contributed by atoms with E-state index in [0.29, 0.717) is 5.92 Å². The summed E-state index contributed by atoms with van der Waals surface area (Å²) in [5.74, 6) is 2.26. The van der Waals surface area contributed by atoms with E-state index in [1.165, 1.54) is 110 Å². The summed E-state index contributed by atoms with van der Waals surface area (Å²) in [7, 11) is 0. The first kappa shape index (κ1) is 46.8. The third-order valence-electron chi connectivity index (χ3n) is 10.1. The molecule has 0 N–H and O–H groups in total. The fourth-order valence-corrected chi connectivity index (χ4v) is 7.17.